The van der Waals surface area contributed by atoms with Gasteiger partial charge in [0.1, 0.15) is 6.61 Å². The fourth-order valence-electron chi connectivity index (χ4n) is 1.08. The molecule has 1 aromatic rings. The van der Waals surface area contributed by atoms with Crippen molar-refractivity contribution >= 4 is 18.4 Å². The third-order valence-electron chi connectivity index (χ3n) is 1.98. The highest BCUT2D eigenvalue weighted by molar-refractivity contribution is 7.86. The number of hydrogen-bond acceptors (Lipinski definition) is 6. The molecule has 0 spiro atoms. The number of aryl methyl sites for hydroxylation is 1. The molecule has 0 saturated heterocycles. The van der Waals surface area contributed by atoms with Crippen LogP contribution in [0, 0.1) is 6.92 Å². The molecule has 1 aromatic carbocycles. The molecule has 0 amide bonds. The Hall–Kier alpha value is -0.850. The molecular formula is C10H14O6PS+. The second-order valence-electron chi connectivity index (χ2n) is 3.33. The van der Waals surface area contributed by atoms with Crippen LogP contribution in [0.2, 0.25) is 0 Å². The maximum absolute atomic E-state index is 11.7. The molecule has 0 aliphatic heterocycles. The van der Waals surface area contributed by atoms with Crippen LogP contribution >= 0.6 is 8.25 Å². The minimum Gasteiger partial charge on any atom is -0.264 e. The molecule has 0 aliphatic carbocycles. The topological polar surface area (TPSA) is 78.9 Å². The zero-order valence-electron chi connectivity index (χ0n) is 10.0. The summed E-state index contributed by atoms with van der Waals surface area (Å²) in [5, 5.41) is 0. The van der Waals surface area contributed by atoms with Crippen LogP contribution in [0.5, 0.6) is 0 Å². The van der Waals surface area contributed by atoms with Gasteiger partial charge in [0.25, 0.3) is 10.1 Å². The van der Waals surface area contributed by atoms with E-state index in [9.17, 15) is 13.0 Å². The lowest BCUT2D eigenvalue weighted by Crippen LogP contribution is -2.10. The van der Waals surface area contributed by atoms with E-state index in [0.717, 1.165) is 5.56 Å². The van der Waals surface area contributed by atoms with Crippen LogP contribution in [0.25, 0.3) is 0 Å². The minimum absolute atomic E-state index is 0.0734. The molecule has 1 unspecified atom stereocenters. The number of rotatable bonds is 7. The summed E-state index contributed by atoms with van der Waals surface area (Å²) in [5.74, 6) is 0. The highest BCUT2D eigenvalue weighted by Gasteiger charge is 2.19. The Morgan fingerprint density at radius 2 is 1.78 bits per heavy atom. The van der Waals surface area contributed by atoms with E-state index in [1.54, 1.807) is 12.1 Å². The number of benzene rings is 1. The van der Waals surface area contributed by atoms with Crippen LogP contribution in [0.3, 0.4) is 0 Å². The van der Waals surface area contributed by atoms with E-state index in [1.807, 2.05) is 6.92 Å². The molecule has 0 radical (unpaired) electrons. The normalized spacial score (nSPS) is 12.4. The summed E-state index contributed by atoms with van der Waals surface area (Å²) in [6, 6.07) is 6.27. The largest absolute Gasteiger partial charge is 0.697 e. The zero-order chi connectivity index (χ0) is 13.6. The van der Waals surface area contributed by atoms with E-state index in [4.69, 9.17) is 4.18 Å². The van der Waals surface area contributed by atoms with Crippen LogP contribution in [-0.2, 0) is 27.9 Å². The van der Waals surface area contributed by atoms with Crippen molar-refractivity contribution in [1.82, 2.24) is 0 Å². The van der Waals surface area contributed by atoms with Crippen LogP contribution in [-0.4, -0.2) is 28.7 Å². The van der Waals surface area contributed by atoms with Crippen molar-refractivity contribution in [2.45, 2.75) is 11.8 Å². The van der Waals surface area contributed by atoms with Gasteiger partial charge in [-0.1, -0.05) is 17.7 Å². The molecule has 0 fully saturated rings. The van der Waals surface area contributed by atoms with Crippen LogP contribution in [0.4, 0.5) is 0 Å². The smallest absolute Gasteiger partial charge is 0.264 e. The molecule has 100 valence electrons. The van der Waals surface area contributed by atoms with E-state index in [-0.39, 0.29) is 18.1 Å². The molecule has 1 rings (SSSR count). The van der Waals surface area contributed by atoms with E-state index in [2.05, 4.69) is 9.05 Å². The zero-order valence-corrected chi connectivity index (χ0v) is 11.7. The molecule has 8 heteroatoms. The van der Waals surface area contributed by atoms with Gasteiger partial charge in [0.15, 0.2) is 0 Å². The minimum atomic E-state index is -3.80. The second-order valence-corrected chi connectivity index (χ2v) is 6.01. The summed E-state index contributed by atoms with van der Waals surface area (Å²) >= 11 is 0. The maximum atomic E-state index is 11.7. The van der Waals surface area contributed by atoms with Gasteiger partial charge in [-0.2, -0.15) is 8.42 Å². The Balaban J connectivity index is 2.50. The number of hydrogen-bond donors (Lipinski definition) is 0. The molecule has 0 aliphatic rings. The second kappa shape index (κ2) is 6.92. The van der Waals surface area contributed by atoms with E-state index >= 15 is 0 Å². The van der Waals surface area contributed by atoms with Crippen molar-refractivity contribution < 1.29 is 26.2 Å². The first-order valence-corrected chi connectivity index (χ1v) is 7.56. The molecule has 0 saturated carbocycles. The van der Waals surface area contributed by atoms with Gasteiger partial charge < -0.3 is 0 Å². The van der Waals surface area contributed by atoms with Gasteiger partial charge in [-0.05, 0) is 19.1 Å². The Morgan fingerprint density at radius 3 is 2.33 bits per heavy atom. The molecular weight excluding hydrogens is 279 g/mol. The lowest BCUT2D eigenvalue weighted by molar-refractivity contribution is 0.201. The predicted molar refractivity (Wildman–Crippen MR) is 64.9 cm³/mol. The fourth-order valence-corrected chi connectivity index (χ4v) is 2.30. The average Bonchev–Trinajstić information content (AvgIpc) is 2.35. The third-order valence-corrected chi connectivity index (χ3v) is 4.00. The van der Waals surface area contributed by atoms with Gasteiger partial charge >= 0.3 is 8.25 Å². The van der Waals surface area contributed by atoms with Crippen LogP contribution in [0.1, 0.15) is 5.56 Å². The predicted octanol–water partition coefficient (Wildman–Crippen LogP) is 2.02. The molecule has 0 N–H and O–H groups in total. The van der Waals surface area contributed by atoms with Gasteiger partial charge in [0, 0.05) is 4.57 Å². The van der Waals surface area contributed by atoms with Gasteiger partial charge in [-0.3, -0.25) is 4.18 Å². The van der Waals surface area contributed by atoms with Gasteiger partial charge in [-0.25, -0.2) is 0 Å². The summed E-state index contributed by atoms with van der Waals surface area (Å²) in [6.45, 7) is 1.50. The van der Waals surface area contributed by atoms with E-state index in [1.165, 1.54) is 19.2 Å². The summed E-state index contributed by atoms with van der Waals surface area (Å²) in [5.41, 5.74) is 0.953. The molecule has 6 nitrogen and oxygen atoms in total. The summed E-state index contributed by atoms with van der Waals surface area (Å²) < 4.78 is 47.8. The van der Waals surface area contributed by atoms with Crippen LogP contribution < -0.4 is 0 Å². The van der Waals surface area contributed by atoms with Crippen molar-refractivity contribution in [3.63, 3.8) is 0 Å². The lowest BCUT2D eigenvalue weighted by Gasteiger charge is -2.03. The monoisotopic (exact) mass is 293 g/mol. The van der Waals surface area contributed by atoms with E-state index in [0.29, 0.717) is 0 Å². The van der Waals surface area contributed by atoms with Crippen molar-refractivity contribution in [3.05, 3.63) is 29.8 Å². The van der Waals surface area contributed by atoms with Crippen molar-refractivity contribution in [2.75, 3.05) is 20.3 Å². The first-order chi connectivity index (χ1) is 8.45. The molecule has 18 heavy (non-hydrogen) atoms. The Kier molecular flexibility index (Phi) is 5.84. The summed E-state index contributed by atoms with van der Waals surface area (Å²) in [7, 11) is -4.78. The lowest BCUT2D eigenvalue weighted by atomic mass is 10.2. The summed E-state index contributed by atoms with van der Waals surface area (Å²) in [6.07, 6.45) is 0. The van der Waals surface area contributed by atoms with E-state index < -0.39 is 18.4 Å². The van der Waals surface area contributed by atoms with Crippen molar-refractivity contribution in [2.24, 2.45) is 0 Å². The van der Waals surface area contributed by atoms with Gasteiger partial charge in [0.05, 0.1) is 18.6 Å². The van der Waals surface area contributed by atoms with Crippen molar-refractivity contribution in [3.8, 4) is 0 Å². The Labute approximate surface area is 107 Å². The maximum Gasteiger partial charge on any atom is 0.697 e. The van der Waals surface area contributed by atoms with Crippen molar-refractivity contribution in [1.29, 1.82) is 0 Å². The van der Waals surface area contributed by atoms with Gasteiger partial charge in [-0.15, -0.1) is 9.05 Å². The molecule has 0 heterocycles. The average molecular weight is 293 g/mol. The first-order valence-electron chi connectivity index (χ1n) is 5.06. The third kappa shape index (κ3) is 4.80. The molecule has 1 atom stereocenters. The molecule has 0 bridgehead atoms. The fraction of sp³-hybridized carbons (Fsp3) is 0.400. The Morgan fingerprint density at radius 1 is 1.17 bits per heavy atom. The summed E-state index contributed by atoms with van der Waals surface area (Å²) in [4.78, 5) is 0.0734. The Bertz CT molecular complexity index is 496. The highest BCUT2D eigenvalue weighted by atomic mass is 32.2. The first kappa shape index (κ1) is 15.2. The standard InChI is InChI=1S/C10H14O6PS/c1-9-3-5-10(6-4-9)18(12,13)16-8-7-15-17(11)14-2/h3-6H,7-8H2,1-2H3/q+1. The van der Waals surface area contributed by atoms with Crippen LogP contribution in [0.15, 0.2) is 29.2 Å². The van der Waals surface area contributed by atoms with Gasteiger partial charge in [0.2, 0.25) is 0 Å². The quantitative estimate of drug-likeness (QED) is 0.435. The molecule has 0 aromatic heterocycles. The highest BCUT2D eigenvalue weighted by Crippen LogP contribution is 2.21. The SMILES string of the molecule is CO[P+](=O)OCCOS(=O)(=O)c1ccc(C)cc1.